The minimum atomic E-state index is -3.02. The first-order valence-electron chi connectivity index (χ1n) is 6.32. The van der Waals surface area contributed by atoms with Crippen molar-refractivity contribution in [2.24, 2.45) is 4.99 Å². The van der Waals surface area contributed by atoms with Crippen LogP contribution in [0.4, 0.5) is 8.78 Å². The highest BCUT2D eigenvalue weighted by atomic mass is 35.5. The quantitative estimate of drug-likeness (QED) is 0.573. The van der Waals surface area contributed by atoms with Gasteiger partial charge in [0, 0.05) is 0 Å². The SMILES string of the molecule is O=C1OC(c2ccccc2OC(F)F)=NC1=Cc1sc(Cl)nc1Cl. The third kappa shape index (κ3) is 3.55. The van der Waals surface area contributed by atoms with Crippen molar-refractivity contribution < 1.29 is 23.0 Å². The Morgan fingerprint density at radius 2 is 2.04 bits per heavy atom. The Balaban J connectivity index is 1.97. The Bertz CT molecular complexity index is 867. The van der Waals surface area contributed by atoms with Crippen molar-refractivity contribution in [2.45, 2.75) is 6.61 Å². The zero-order chi connectivity index (χ0) is 17.3. The van der Waals surface area contributed by atoms with Gasteiger partial charge in [0.15, 0.2) is 10.2 Å². The summed E-state index contributed by atoms with van der Waals surface area (Å²) in [6.07, 6.45) is 1.36. The Morgan fingerprint density at radius 1 is 1.29 bits per heavy atom. The highest BCUT2D eigenvalue weighted by Gasteiger charge is 2.27. The fourth-order valence-electron chi connectivity index (χ4n) is 1.87. The Kier molecular flexibility index (Phi) is 4.79. The molecule has 0 N–H and O–H groups in total. The van der Waals surface area contributed by atoms with Gasteiger partial charge < -0.3 is 9.47 Å². The van der Waals surface area contributed by atoms with Crippen LogP contribution in [0.3, 0.4) is 0 Å². The van der Waals surface area contributed by atoms with Gasteiger partial charge in [-0.3, -0.25) is 0 Å². The standard InChI is InChI=1S/C14H6Cl2F2N2O3S/c15-10-9(24-13(16)20-10)5-7-12(21)23-11(19-7)6-3-1-2-4-8(6)22-14(17)18/h1-5,14H. The van der Waals surface area contributed by atoms with Crippen molar-refractivity contribution in [1.29, 1.82) is 0 Å². The zero-order valence-corrected chi connectivity index (χ0v) is 13.8. The predicted molar refractivity (Wildman–Crippen MR) is 85.8 cm³/mol. The number of cyclic esters (lactones) is 1. The lowest BCUT2D eigenvalue weighted by molar-refractivity contribution is -0.129. The number of hydrogen-bond donors (Lipinski definition) is 0. The molecule has 5 nitrogen and oxygen atoms in total. The Morgan fingerprint density at radius 3 is 2.71 bits per heavy atom. The van der Waals surface area contributed by atoms with Crippen molar-refractivity contribution in [3.05, 3.63) is 50.0 Å². The van der Waals surface area contributed by atoms with E-state index in [-0.39, 0.29) is 32.5 Å². The molecule has 1 aliphatic heterocycles. The smallest absolute Gasteiger partial charge is 0.387 e. The number of ether oxygens (including phenoxy) is 2. The van der Waals surface area contributed by atoms with E-state index < -0.39 is 12.6 Å². The van der Waals surface area contributed by atoms with Gasteiger partial charge in [-0.2, -0.15) is 8.78 Å². The maximum Gasteiger partial charge on any atom is 0.387 e. The first-order chi connectivity index (χ1) is 11.4. The van der Waals surface area contributed by atoms with E-state index in [0.29, 0.717) is 4.88 Å². The number of benzene rings is 1. The van der Waals surface area contributed by atoms with Gasteiger partial charge in [0.25, 0.3) is 0 Å². The van der Waals surface area contributed by atoms with Gasteiger partial charge in [0.2, 0.25) is 5.90 Å². The lowest BCUT2D eigenvalue weighted by Crippen LogP contribution is -2.10. The van der Waals surface area contributed by atoms with Gasteiger partial charge in [0.1, 0.15) is 10.9 Å². The highest BCUT2D eigenvalue weighted by Crippen LogP contribution is 2.31. The van der Waals surface area contributed by atoms with E-state index in [1.54, 1.807) is 6.07 Å². The summed E-state index contributed by atoms with van der Waals surface area (Å²) in [7, 11) is 0. The number of nitrogens with zero attached hydrogens (tertiary/aromatic N) is 2. The lowest BCUT2D eigenvalue weighted by atomic mass is 10.2. The van der Waals surface area contributed by atoms with Crippen molar-refractivity contribution in [3.63, 3.8) is 0 Å². The highest BCUT2D eigenvalue weighted by molar-refractivity contribution is 7.17. The Hall–Kier alpha value is -2.03. The fourth-order valence-corrected chi connectivity index (χ4v) is 3.17. The zero-order valence-electron chi connectivity index (χ0n) is 11.5. The normalized spacial score (nSPS) is 15.8. The molecule has 0 saturated carbocycles. The molecule has 0 fully saturated rings. The van der Waals surface area contributed by atoms with Crippen molar-refractivity contribution in [2.75, 3.05) is 0 Å². The first-order valence-corrected chi connectivity index (χ1v) is 7.90. The van der Waals surface area contributed by atoms with Crippen molar-refractivity contribution >= 4 is 52.5 Å². The summed E-state index contributed by atoms with van der Waals surface area (Å²) in [5, 5.41) is 0.121. The minimum Gasteiger partial charge on any atom is -0.434 e. The van der Waals surface area contributed by atoms with Gasteiger partial charge in [-0.25, -0.2) is 14.8 Å². The number of aromatic nitrogens is 1. The fraction of sp³-hybridized carbons (Fsp3) is 0.0714. The number of rotatable bonds is 4. The van der Waals surface area contributed by atoms with Crippen molar-refractivity contribution in [1.82, 2.24) is 4.98 Å². The number of alkyl halides is 2. The molecule has 1 aromatic heterocycles. The molecule has 3 rings (SSSR count). The van der Waals surface area contributed by atoms with Crippen LogP contribution in [-0.2, 0) is 9.53 Å². The molecule has 0 radical (unpaired) electrons. The molecule has 0 saturated heterocycles. The van der Waals surface area contributed by atoms with Crippen LogP contribution in [0.15, 0.2) is 35.0 Å². The van der Waals surface area contributed by atoms with Crippen LogP contribution >= 0.6 is 34.5 Å². The molecule has 0 aliphatic carbocycles. The van der Waals surface area contributed by atoms with Crippen LogP contribution in [0.25, 0.3) is 6.08 Å². The number of esters is 1. The van der Waals surface area contributed by atoms with Gasteiger partial charge >= 0.3 is 12.6 Å². The molecule has 24 heavy (non-hydrogen) atoms. The molecule has 0 spiro atoms. The summed E-state index contributed by atoms with van der Waals surface area (Å²) in [5.41, 5.74) is 0.0713. The molecule has 10 heteroatoms. The van der Waals surface area contributed by atoms with Crippen LogP contribution in [-0.4, -0.2) is 23.5 Å². The molecule has 1 aliphatic rings. The predicted octanol–water partition coefficient (Wildman–Crippen LogP) is 4.40. The van der Waals surface area contributed by atoms with E-state index >= 15 is 0 Å². The van der Waals surface area contributed by atoms with Gasteiger partial charge in [-0.05, 0) is 18.2 Å². The second kappa shape index (κ2) is 6.84. The Labute approximate surface area is 148 Å². The van der Waals surface area contributed by atoms with Crippen LogP contribution < -0.4 is 4.74 Å². The number of carbonyl (C=O) groups excluding carboxylic acids is 1. The minimum absolute atomic E-state index is 0.0564. The number of para-hydroxylation sites is 1. The molecule has 0 unspecified atom stereocenters. The molecule has 2 aromatic rings. The summed E-state index contributed by atoms with van der Waals surface area (Å²) in [6.45, 7) is -3.02. The first kappa shape index (κ1) is 16.8. The van der Waals surface area contributed by atoms with Gasteiger partial charge in [-0.1, -0.05) is 35.3 Å². The molecule has 0 amide bonds. The summed E-state index contributed by atoms with van der Waals surface area (Å²) in [6, 6.07) is 5.85. The largest absolute Gasteiger partial charge is 0.434 e. The maximum absolute atomic E-state index is 12.5. The third-order valence-corrected chi connectivity index (χ3v) is 4.31. The third-order valence-electron chi connectivity index (χ3n) is 2.81. The van der Waals surface area contributed by atoms with E-state index in [1.165, 1.54) is 24.3 Å². The van der Waals surface area contributed by atoms with Gasteiger partial charge in [0.05, 0.1) is 10.4 Å². The maximum atomic E-state index is 12.5. The number of aliphatic imine (C=N–C) groups is 1. The van der Waals surface area contributed by atoms with Crippen LogP contribution in [0.5, 0.6) is 5.75 Å². The second-order valence-corrected chi connectivity index (χ2v) is 6.30. The number of carbonyl (C=O) groups is 1. The monoisotopic (exact) mass is 390 g/mol. The van der Waals surface area contributed by atoms with Crippen LogP contribution in [0.1, 0.15) is 10.4 Å². The molecule has 1 aromatic carbocycles. The van der Waals surface area contributed by atoms with E-state index in [4.69, 9.17) is 27.9 Å². The van der Waals surface area contributed by atoms with E-state index in [2.05, 4.69) is 14.7 Å². The molecule has 0 bridgehead atoms. The molecule has 2 heterocycles. The van der Waals surface area contributed by atoms with E-state index in [9.17, 15) is 13.6 Å². The molecular weight excluding hydrogens is 385 g/mol. The number of thiazole rings is 1. The van der Waals surface area contributed by atoms with E-state index in [0.717, 1.165) is 11.3 Å². The second-order valence-electron chi connectivity index (χ2n) is 4.33. The average Bonchev–Trinajstić information content (AvgIpc) is 3.02. The lowest BCUT2D eigenvalue weighted by Gasteiger charge is -2.08. The van der Waals surface area contributed by atoms with E-state index in [1.807, 2.05) is 0 Å². The molecule has 0 atom stereocenters. The average molecular weight is 391 g/mol. The summed E-state index contributed by atoms with van der Waals surface area (Å²) < 4.78 is 34.6. The summed E-state index contributed by atoms with van der Waals surface area (Å²) in [4.78, 5) is 20.2. The number of hydrogen-bond acceptors (Lipinski definition) is 6. The molecule has 124 valence electrons. The summed E-state index contributed by atoms with van der Waals surface area (Å²) in [5.74, 6) is -1.05. The molecular formula is C14H6Cl2F2N2O3S. The van der Waals surface area contributed by atoms with Crippen LogP contribution in [0, 0.1) is 0 Å². The summed E-state index contributed by atoms with van der Waals surface area (Å²) >= 11 is 12.7. The van der Waals surface area contributed by atoms with Crippen LogP contribution in [0.2, 0.25) is 9.62 Å². The number of halogens is 4. The van der Waals surface area contributed by atoms with Gasteiger partial charge in [-0.15, -0.1) is 11.3 Å². The topological polar surface area (TPSA) is 60.8 Å². The van der Waals surface area contributed by atoms with Crippen molar-refractivity contribution in [3.8, 4) is 5.75 Å².